The second-order valence-electron chi connectivity index (χ2n) is 12.7. The van der Waals surface area contributed by atoms with Crippen LogP contribution in [0.1, 0.15) is 25.0 Å². The van der Waals surface area contributed by atoms with Crippen LogP contribution in [0.15, 0.2) is 154 Å². The van der Waals surface area contributed by atoms with Crippen molar-refractivity contribution in [1.29, 1.82) is 0 Å². The molecule has 0 heterocycles. The lowest BCUT2D eigenvalue weighted by Crippen LogP contribution is -2.18. The van der Waals surface area contributed by atoms with Crippen LogP contribution in [-0.4, -0.2) is 53.1 Å². The molecule has 14 heteroatoms. The largest absolute Gasteiger partial charge is 0.495 e. The summed E-state index contributed by atoms with van der Waals surface area (Å²) in [5.74, 6) is 1.17. The lowest BCUT2D eigenvalue weighted by atomic mass is 9.78. The van der Waals surface area contributed by atoms with Gasteiger partial charge in [-0.25, -0.2) is 0 Å². The zero-order valence-corrected chi connectivity index (χ0v) is 32.6. The Balaban J connectivity index is 0.000000161. The minimum absolute atomic E-state index is 0.0233. The molecule has 0 aliphatic heterocycles. The summed E-state index contributed by atoms with van der Waals surface area (Å²) in [7, 11) is -10.1. The first-order chi connectivity index (χ1) is 25.9. The standard InChI is InChI=1S/C16H14O5S.C15H16.C10H8O6S2/c1-20-15-11-5-3-4-6-12(11)16(21-2)14-9-10(22(17,18)19)7-8-13(14)15;1-15(2,13-9-5-3-6-10-13)14-11-7-4-8-12-14;11-17(12,13)9-5-1-3-7-8(9)4-2-6-10(7)18(14,15)16/h3-9H,1-2H3,(H,17,18,19);3-12H,1-2H3;1-6H,(H,11,12,13)(H,14,15,16). The van der Waals surface area contributed by atoms with Crippen LogP contribution in [0.3, 0.4) is 0 Å². The van der Waals surface area contributed by atoms with Gasteiger partial charge in [0.25, 0.3) is 30.4 Å². The van der Waals surface area contributed by atoms with Gasteiger partial charge in [0.1, 0.15) is 21.3 Å². The van der Waals surface area contributed by atoms with Crippen LogP contribution < -0.4 is 9.47 Å². The van der Waals surface area contributed by atoms with E-state index in [0.29, 0.717) is 22.3 Å². The van der Waals surface area contributed by atoms with E-state index in [2.05, 4.69) is 74.5 Å². The summed E-state index contributed by atoms with van der Waals surface area (Å²) in [6.07, 6.45) is 0. The molecule has 0 bridgehead atoms. The highest BCUT2D eigenvalue weighted by molar-refractivity contribution is 7.86. The van der Waals surface area contributed by atoms with E-state index in [1.165, 1.54) is 54.6 Å². The van der Waals surface area contributed by atoms with Crippen LogP contribution in [0.4, 0.5) is 0 Å². The van der Waals surface area contributed by atoms with Crippen molar-refractivity contribution < 1.29 is 48.4 Å². The van der Waals surface area contributed by atoms with Gasteiger partial charge in [0.2, 0.25) is 0 Å². The highest BCUT2D eigenvalue weighted by atomic mass is 32.2. The summed E-state index contributed by atoms with van der Waals surface area (Å²) in [5.41, 5.74) is 2.80. The molecule has 7 aromatic rings. The fourth-order valence-corrected chi connectivity index (χ4v) is 8.18. The number of hydrogen-bond donors (Lipinski definition) is 3. The van der Waals surface area contributed by atoms with Crippen molar-refractivity contribution >= 4 is 62.7 Å². The van der Waals surface area contributed by atoms with E-state index in [1.54, 1.807) is 13.2 Å². The number of ether oxygens (including phenoxy) is 2. The highest BCUT2D eigenvalue weighted by Crippen LogP contribution is 2.43. The van der Waals surface area contributed by atoms with Gasteiger partial charge in [0.15, 0.2) is 0 Å². The van der Waals surface area contributed by atoms with Gasteiger partial charge in [0.05, 0.1) is 19.1 Å². The fourth-order valence-electron chi connectivity index (χ4n) is 6.26. The van der Waals surface area contributed by atoms with Gasteiger partial charge in [-0.3, -0.25) is 13.7 Å². The van der Waals surface area contributed by atoms with E-state index in [1.807, 2.05) is 24.3 Å². The minimum Gasteiger partial charge on any atom is -0.495 e. The maximum absolute atomic E-state index is 11.4. The molecule has 0 unspecified atom stereocenters. The molecule has 0 saturated heterocycles. The predicted molar refractivity (Wildman–Crippen MR) is 213 cm³/mol. The summed E-state index contributed by atoms with van der Waals surface area (Å²) in [5, 5.41) is 3.00. The maximum Gasteiger partial charge on any atom is 0.295 e. The van der Waals surface area contributed by atoms with Crippen LogP contribution in [0.2, 0.25) is 0 Å². The van der Waals surface area contributed by atoms with Crippen molar-refractivity contribution in [3.05, 3.63) is 151 Å². The lowest BCUT2D eigenvalue weighted by Gasteiger charge is -2.25. The predicted octanol–water partition coefficient (Wildman–Crippen LogP) is 8.60. The van der Waals surface area contributed by atoms with Crippen LogP contribution in [0.5, 0.6) is 11.5 Å². The van der Waals surface area contributed by atoms with Gasteiger partial charge >= 0.3 is 0 Å². The Bertz CT molecular complexity index is 2710. The summed E-state index contributed by atoms with van der Waals surface area (Å²) in [6, 6.07) is 40.7. The van der Waals surface area contributed by atoms with E-state index < -0.39 is 40.1 Å². The third-order valence-corrected chi connectivity index (χ3v) is 11.7. The number of hydrogen-bond acceptors (Lipinski definition) is 8. The second-order valence-corrected chi connectivity index (χ2v) is 16.9. The molecule has 0 aromatic heterocycles. The first-order valence-electron chi connectivity index (χ1n) is 16.5. The molecule has 0 aliphatic rings. The van der Waals surface area contributed by atoms with Gasteiger partial charge in [-0.2, -0.15) is 25.3 Å². The summed E-state index contributed by atoms with van der Waals surface area (Å²) < 4.78 is 106. The van der Waals surface area contributed by atoms with E-state index in [0.717, 1.165) is 22.9 Å². The van der Waals surface area contributed by atoms with Crippen molar-refractivity contribution in [2.45, 2.75) is 33.9 Å². The Morgan fingerprint density at radius 1 is 0.418 bits per heavy atom. The van der Waals surface area contributed by atoms with Crippen molar-refractivity contribution in [2.75, 3.05) is 14.2 Å². The van der Waals surface area contributed by atoms with Crippen molar-refractivity contribution in [2.24, 2.45) is 0 Å². The van der Waals surface area contributed by atoms with E-state index in [4.69, 9.17) is 18.6 Å². The monoisotopic (exact) mass is 802 g/mol. The average Bonchev–Trinajstić information content (AvgIpc) is 3.16. The van der Waals surface area contributed by atoms with Crippen LogP contribution in [-0.2, 0) is 35.8 Å². The molecule has 286 valence electrons. The molecular weight excluding hydrogens is 765 g/mol. The fraction of sp³-hybridized carbons (Fsp3) is 0.122. The van der Waals surface area contributed by atoms with Gasteiger partial charge in [-0.1, -0.05) is 123 Å². The van der Waals surface area contributed by atoms with Crippen molar-refractivity contribution in [3.63, 3.8) is 0 Å². The number of methoxy groups -OCH3 is 2. The third kappa shape index (κ3) is 8.97. The quantitative estimate of drug-likeness (QED) is 0.104. The summed E-state index contributed by atoms with van der Waals surface area (Å²) in [4.78, 5) is -1.01. The highest BCUT2D eigenvalue weighted by Gasteiger charge is 2.22. The SMILES string of the molecule is CC(C)(c1ccccc1)c1ccccc1.COc1c2ccccc2c(OC)c2cc(S(=O)(=O)O)ccc12.O=S(=O)(O)c1cccc2c(S(=O)(=O)O)cccc12. The van der Waals surface area contributed by atoms with Gasteiger partial charge in [0, 0.05) is 37.7 Å². The van der Waals surface area contributed by atoms with Crippen molar-refractivity contribution in [1.82, 2.24) is 0 Å². The normalized spacial score (nSPS) is 12.0. The number of fused-ring (bicyclic) bond motifs is 3. The first-order valence-corrected chi connectivity index (χ1v) is 20.8. The number of rotatable bonds is 7. The van der Waals surface area contributed by atoms with Gasteiger partial charge in [-0.15, -0.1) is 0 Å². The lowest BCUT2D eigenvalue weighted by molar-refractivity contribution is 0.417. The van der Waals surface area contributed by atoms with Gasteiger partial charge in [-0.05, 0) is 41.5 Å². The molecule has 0 radical (unpaired) electrons. The second kappa shape index (κ2) is 16.2. The Morgan fingerprint density at radius 3 is 1.16 bits per heavy atom. The van der Waals surface area contributed by atoms with Crippen LogP contribution in [0.25, 0.3) is 32.3 Å². The molecule has 0 fully saturated rings. The average molecular weight is 803 g/mol. The maximum atomic E-state index is 11.4. The van der Waals surface area contributed by atoms with E-state index in [-0.39, 0.29) is 21.1 Å². The van der Waals surface area contributed by atoms with E-state index >= 15 is 0 Å². The molecule has 0 amide bonds. The van der Waals surface area contributed by atoms with Crippen molar-refractivity contribution in [3.8, 4) is 11.5 Å². The van der Waals surface area contributed by atoms with Crippen LogP contribution in [0, 0.1) is 0 Å². The Hall–Kier alpha value is -5.35. The zero-order chi connectivity index (χ0) is 40.2. The minimum atomic E-state index is -4.47. The zero-order valence-electron chi connectivity index (χ0n) is 30.1. The first kappa shape index (κ1) is 40.8. The molecule has 0 aliphatic carbocycles. The molecule has 55 heavy (non-hydrogen) atoms. The molecular formula is C41H38O11S3. The molecule has 7 aromatic carbocycles. The molecule has 0 saturated carbocycles. The summed E-state index contributed by atoms with van der Waals surface area (Å²) in [6.45, 7) is 4.52. The molecule has 11 nitrogen and oxygen atoms in total. The molecule has 0 spiro atoms. The molecule has 7 rings (SSSR count). The Labute approximate surface area is 320 Å². The Morgan fingerprint density at radius 2 is 0.782 bits per heavy atom. The molecule has 3 N–H and O–H groups in total. The smallest absolute Gasteiger partial charge is 0.295 e. The molecule has 0 atom stereocenters. The Kier molecular flexibility index (Phi) is 12.0. The van der Waals surface area contributed by atoms with Gasteiger partial charge < -0.3 is 9.47 Å². The van der Waals surface area contributed by atoms with E-state index in [9.17, 15) is 29.8 Å². The summed E-state index contributed by atoms with van der Waals surface area (Å²) >= 11 is 0. The number of benzene rings is 7. The third-order valence-electron chi connectivity index (χ3n) is 8.99. The van der Waals surface area contributed by atoms with Crippen LogP contribution >= 0.6 is 0 Å². The topological polar surface area (TPSA) is 182 Å².